The van der Waals surface area contributed by atoms with Crippen LogP contribution in [0.25, 0.3) is 0 Å². The Labute approximate surface area is 154 Å². The molecule has 2 aliphatic heterocycles. The van der Waals surface area contributed by atoms with Gasteiger partial charge in [-0.25, -0.2) is 4.79 Å². The third kappa shape index (κ3) is 4.74. The van der Waals surface area contributed by atoms with Crippen LogP contribution in [0.2, 0.25) is 0 Å². The zero-order valence-electron chi connectivity index (χ0n) is 15.7. The van der Waals surface area contributed by atoms with E-state index >= 15 is 0 Å². The number of amides is 1. The Morgan fingerprint density at radius 3 is 2.40 bits per heavy atom. The van der Waals surface area contributed by atoms with Crippen molar-refractivity contribution in [1.29, 1.82) is 0 Å². The number of carboxylic acid groups (broad SMARTS) is 1. The SMILES string of the molecule is CC(C)(C)OC(=O)N1CCN2C(=S)N(CC(C)(C)C(=O)O)CC[C@H]2C1. The predicted octanol–water partition coefficient (Wildman–Crippen LogP) is 2.01. The summed E-state index contributed by atoms with van der Waals surface area (Å²) in [6, 6.07) is 0.165. The van der Waals surface area contributed by atoms with Gasteiger partial charge in [-0.05, 0) is 53.3 Å². The van der Waals surface area contributed by atoms with Crippen LogP contribution in [0.1, 0.15) is 41.0 Å². The van der Waals surface area contributed by atoms with Gasteiger partial charge in [0.05, 0.1) is 11.5 Å². The van der Waals surface area contributed by atoms with Crippen molar-refractivity contribution in [1.82, 2.24) is 14.7 Å². The summed E-state index contributed by atoms with van der Waals surface area (Å²) in [5.41, 5.74) is -1.36. The average molecular weight is 372 g/mol. The van der Waals surface area contributed by atoms with Gasteiger partial charge >= 0.3 is 12.1 Å². The van der Waals surface area contributed by atoms with Gasteiger partial charge in [0, 0.05) is 32.7 Å². The van der Waals surface area contributed by atoms with Gasteiger partial charge in [-0.15, -0.1) is 0 Å². The Morgan fingerprint density at radius 1 is 1.20 bits per heavy atom. The van der Waals surface area contributed by atoms with Crippen molar-refractivity contribution >= 4 is 29.4 Å². The Hall–Kier alpha value is -1.57. The van der Waals surface area contributed by atoms with Crippen LogP contribution in [0.15, 0.2) is 0 Å². The summed E-state index contributed by atoms with van der Waals surface area (Å²) in [4.78, 5) is 29.5. The quantitative estimate of drug-likeness (QED) is 0.761. The van der Waals surface area contributed by atoms with Crippen molar-refractivity contribution in [2.75, 3.05) is 32.7 Å². The third-order valence-electron chi connectivity index (χ3n) is 4.55. The molecule has 0 bridgehead atoms. The van der Waals surface area contributed by atoms with Crippen LogP contribution in [-0.4, -0.2) is 81.3 Å². The number of aliphatic carboxylic acids is 1. The highest BCUT2D eigenvalue weighted by atomic mass is 32.1. The second-order valence-electron chi connectivity index (χ2n) is 8.46. The Morgan fingerprint density at radius 2 is 1.84 bits per heavy atom. The minimum absolute atomic E-state index is 0.165. The zero-order valence-corrected chi connectivity index (χ0v) is 16.6. The van der Waals surface area contributed by atoms with Crippen molar-refractivity contribution in [3.05, 3.63) is 0 Å². The van der Waals surface area contributed by atoms with Gasteiger partial charge in [0.1, 0.15) is 5.60 Å². The highest BCUT2D eigenvalue weighted by molar-refractivity contribution is 7.80. The minimum Gasteiger partial charge on any atom is -0.481 e. The predicted molar refractivity (Wildman–Crippen MR) is 98.5 cm³/mol. The van der Waals surface area contributed by atoms with E-state index < -0.39 is 17.0 Å². The molecule has 0 aliphatic carbocycles. The van der Waals surface area contributed by atoms with Gasteiger partial charge in [-0.1, -0.05) is 0 Å². The number of carboxylic acids is 1. The highest BCUT2D eigenvalue weighted by Gasteiger charge is 2.40. The normalized spacial score (nSPS) is 21.9. The maximum Gasteiger partial charge on any atom is 0.410 e. The molecule has 1 N–H and O–H groups in total. The van der Waals surface area contributed by atoms with Crippen molar-refractivity contribution in [2.24, 2.45) is 5.41 Å². The fourth-order valence-corrected chi connectivity index (χ4v) is 3.52. The van der Waals surface area contributed by atoms with E-state index in [4.69, 9.17) is 17.0 Å². The van der Waals surface area contributed by atoms with Gasteiger partial charge in [0.2, 0.25) is 0 Å². The molecule has 7 nitrogen and oxygen atoms in total. The summed E-state index contributed by atoms with van der Waals surface area (Å²) in [5.74, 6) is -0.827. The summed E-state index contributed by atoms with van der Waals surface area (Å²) in [5, 5.41) is 10.0. The van der Waals surface area contributed by atoms with Gasteiger partial charge in [-0.3, -0.25) is 4.79 Å². The molecule has 2 aliphatic rings. The maximum absolute atomic E-state index is 12.3. The molecule has 0 aromatic rings. The fourth-order valence-electron chi connectivity index (χ4n) is 3.12. The van der Waals surface area contributed by atoms with Gasteiger partial charge in [-0.2, -0.15) is 0 Å². The molecule has 2 fully saturated rings. The van der Waals surface area contributed by atoms with E-state index in [0.717, 1.165) is 6.42 Å². The summed E-state index contributed by atoms with van der Waals surface area (Å²) < 4.78 is 5.46. The van der Waals surface area contributed by atoms with E-state index in [9.17, 15) is 14.7 Å². The molecule has 0 aromatic carbocycles. The lowest BCUT2D eigenvalue weighted by atomic mass is 9.92. The molecule has 2 rings (SSSR count). The van der Waals surface area contributed by atoms with E-state index in [-0.39, 0.29) is 12.1 Å². The number of piperazine rings is 1. The van der Waals surface area contributed by atoms with Crippen molar-refractivity contribution in [3.63, 3.8) is 0 Å². The monoisotopic (exact) mass is 371 g/mol. The van der Waals surface area contributed by atoms with Crippen LogP contribution < -0.4 is 0 Å². The number of carbonyl (C=O) groups is 2. The standard InChI is InChI=1S/C17H29N3O4S/c1-16(2,3)24-15(23)18-8-9-20-12(10-18)6-7-19(14(20)25)11-17(4,5)13(21)22/h12H,6-11H2,1-5H3,(H,21,22)/t12-/m0/s1. The molecule has 8 heteroatoms. The Balaban J connectivity index is 1.97. The Bertz CT molecular complexity index is 559. The number of rotatable bonds is 3. The van der Waals surface area contributed by atoms with Gasteiger partial charge < -0.3 is 24.5 Å². The lowest BCUT2D eigenvalue weighted by molar-refractivity contribution is -0.147. The molecular weight excluding hydrogens is 342 g/mol. The number of thiocarbonyl (C=S) groups is 1. The lowest BCUT2D eigenvalue weighted by Gasteiger charge is -2.50. The first-order valence-corrected chi connectivity index (χ1v) is 9.08. The van der Waals surface area contributed by atoms with E-state index in [0.29, 0.717) is 37.8 Å². The maximum atomic E-state index is 12.3. The topological polar surface area (TPSA) is 73.3 Å². The lowest BCUT2D eigenvalue weighted by Crippen LogP contribution is -2.64. The molecule has 0 aromatic heterocycles. The molecule has 2 heterocycles. The van der Waals surface area contributed by atoms with E-state index in [2.05, 4.69) is 4.90 Å². The largest absolute Gasteiger partial charge is 0.481 e. The molecule has 25 heavy (non-hydrogen) atoms. The smallest absolute Gasteiger partial charge is 0.410 e. The molecule has 1 amide bonds. The van der Waals surface area contributed by atoms with Crippen molar-refractivity contribution < 1.29 is 19.4 Å². The first kappa shape index (κ1) is 19.8. The zero-order chi connectivity index (χ0) is 19.0. The number of fused-ring (bicyclic) bond motifs is 1. The van der Waals surface area contributed by atoms with Gasteiger partial charge in [0.25, 0.3) is 0 Å². The van der Waals surface area contributed by atoms with E-state index in [1.54, 1.807) is 18.7 Å². The van der Waals surface area contributed by atoms with E-state index in [1.807, 2.05) is 25.7 Å². The summed E-state index contributed by atoms with van der Waals surface area (Å²) in [7, 11) is 0. The molecule has 0 radical (unpaired) electrons. The summed E-state index contributed by atoms with van der Waals surface area (Å²) >= 11 is 5.60. The number of carbonyl (C=O) groups excluding carboxylic acids is 1. The summed E-state index contributed by atoms with van der Waals surface area (Å²) in [6.45, 7) is 11.9. The average Bonchev–Trinajstić information content (AvgIpc) is 2.48. The minimum atomic E-state index is -0.852. The third-order valence-corrected chi connectivity index (χ3v) is 5.04. The van der Waals surface area contributed by atoms with Crippen LogP contribution in [0, 0.1) is 5.41 Å². The molecular formula is C17H29N3O4S. The van der Waals surface area contributed by atoms with Crippen molar-refractivity contribution in [3.8, 4) is 0 Å². The second kappa shape index (κ2) is 6.97. The highest BCUT2D eigenvalue weighted by Crippen LogP contribution is 2.26. The first-order chi connectivity index (χ1) is 11.4. The number of hydrogen-bond acceptors (Lipinski definition) is 4. The Kier molecular flexibility index (Phi) is 5.51. The molecule has 0 saturated carbocycles. The molecule has 2 saturated heterocycles. The van der Waals surface area contributed by atoms with Crippen LogP contribution in [0.3, 0.4) is 0 Å². The van der Waals surface area contributed by atoms with Crippen LogP contribution in [0.4, 0.5) is 4.79 Å². The van der Waals surface area contributed by atoms with Crippen molar-refractivity contribution in [2.45, 2.75) is 52.7 Å². The molecule has 1 atom stereocenters. The van der Waals surface area contributed by atoms with Gasteiger partial charge in [0.15, 0.2) is 5.11 Å². The van der Waals surface area contributed by atoms with E-state index in [1.165, 1.54) is 0 Å². The molecule has 142 valence electrons. The first-order valence-electron chi connectivity index (χ1n) is 8.67. The summed E-state index contributed by atoms with van der Waals surface area (Å²) in [6.07, 6.45) is 0.558. The van der Waals surface area contributed by atoms with Crippen LogP contribution >= 0.6 is 12.2 Å². The molecule has 0 spiro atoms. The number of ether oxygens (including phenoxy) is 1. The van der Waals surface area contributed by atoms with Crippen LogP contribution in [-0.2, 0) is 9.53 Å². The number of nitrogens with zero attached hydrogens (tertiary/aromatic N) is 3. The number of hydrogen-bond donors (Lipinski definition) is 1. The fraction of sp³-hybridized carbons (Fsp3) is 0.824. The second-order valence-corrected chi connectivity index (χ2v) is 8.82. The molecule has 0 unspecified atom stereocenters. The van der Waals surface area contributed by atoms with Crippen LogP contribution in [0.5, 0.6) is 0 Å².